The van der Waals surface area contributed by atoms with E-state index in [1.54, 1.807) is 0 Å². The van der Waals surface area contributed by atoms with E-state index in [9.17, 15) is 13.2 Å². The summed E-state index contributed by atoms with van der Waals surface area (Å²) in [5.74, 6) is 2.02. The van der Waals surface area contributed by atoms with E-state index in [4.69, 9.17) is 9.47 Å². The predicted octanol–water partition coefficient (Wildman–Crippen LogP) is 5.85. The molecule has 140 valence electrons. The van der Waals surface area contributed by atoms with Crippen molar-refractivity contribution in [2.24, 2.45) is 17.8 Å². The van der Waals surface area contributed by atoms with Crippen molar-refractivity contribution in [1.82, 2.24) is 0 Å². The highest BCUT2D eigenvalue weighted by Crippen LogP contribution is 2.45. The first-order chi connectivity index (χ1) is 11.5. The van der Waals surface area contributed by atoms with Gasteiger partial charge >= 0.3 is 6.18 Å². The topological polar surface area (TPSA) is 18.5 Å². The lowest BCUT2D eigenvalue weighted by Gasteiger charge is -2.40. The maximum atomic E-state index is 12.2. The van der Waals surface area contributed by atoms with Gasteiger partial charge in [0.1, 0.15) is 0 Å². The molecule has 0 amide bonds. The van der Waals surface area contributed by atoms with Gasteiger partial charge in [-0.25, -0.2) is 0 Å². The molecule has 1 heterocycles. The van der Waals surface area contributed by atoms with Crippen molar-refractivity contribution in [1.29, 1.82) is 0 Å². The highest BCUT2D eigenvalue weighted by atomic mass is 19.4. The van der Waals surface area contributed by atoms with E-state index in [2.05, 4.69) is 0 Å². The van der Waals surface area contributed by atoms with Crippen LogP contribution in [0.3, 0.4) is 0 Å². The number of halogens is 3. The van der Waals surface area contributed by atoms with Gasteiger partial charge in [0.05, 0.1) is 13.2 Å². The van der Waals surface area contributed by atoms with Crippen LogP contribution in [0, 0.1) is 17.8 Å². The largest absolute Gasteiger partial charge is 0.389 e. The summed E-state index contributed by atoms with van der Waals surface area (Å²) in [6.45, 7) is 1.48. The summed E-state index contributed by atoms with van der Waals surface area (Å²) in [7, 11) is 0. The molecule has 3 rings (SSSR count). The average Bonchev–Trinajstić information content (AvgIpc) is 3.00. The molecule has 0 aromatic heterocycles. The Morgan fingerprint density at radius 3 is 1.96 bits per heavy atom. The first-order valence-electron chi connectivity index (χ1n) is 9.80. The average molecular weight is 348 g/mol. The Labute approximate surface area is 143 Å². The monoisotopic (exact) mass is 348 g/mol. The zero-order chi connectivity index (χ0) is 17.0. The second kappa shape index (κ2) is 7.94. The number of ether oxygens (including phenoxy) is 2. The molecule has 2 saturated carbocycles. The number of hydrogen-bond acceptors (Lipinski definition) is 2. The van der Waals surface area contributed by atoms with Gasteiger partial charge in [0.15, 0.2) is 5.79 Å². The van der Waals surface area contributed by atoms with E-state index in [1.165, 1.54) is 38.5 Å². The zero-order valence-corrected chi connectivity index (χ0v) is 14.6. The molecule has 0 atom stereocenters. The highest BCUT2D eigenvalue weighted by Gasteiger charge is 2.42. The number of unbranched alkanes of at least 4 members (excludes halogenated alkanes) is 1. The Bertz CT molecular complexity index is 373. The first-order valence-corrected chi connectivity index (χ1v) is 9.80. The molecule has 2 nitrogen and oxygen atoms in total. The number of rotatable bonds is 5. The summed E-state index contributed by atoms with van der Waals surface area (Å²) >= 11 is 0. The molecule has 0 unspecified atom stereocenters. The van der Waals surface area contributed by atoms with Gasteiger partial charge in [0.25, 0.3) is 0 Å². The van der Waals surface area contributed by atoms with E-state index in [0.717, 1.165) is 50.7 Å². The van der Waals surface area contributed by atoms with Gasteiger partial charge in [-0.15, -0.1) is 0 Å². The molecule has 0 N–H and O–H groups in total. The third-order valence-electron chi connectivity index (χ3n) is 6.49. The molecule has 0 aromatic carbocycles. The maximum Gasteiger partial charge on any atom is 0.389 e. The Morgan fingerprint density at radius 2 is 1.38 bits per heavy atom. The summed E-state index contributed by atoms with van der Waals surface area (Å²) < 4.78 is 48.1. The standard InChI is InChI=1S/C19H31F3O2/c20-19(21,22)10-2-1-3-15-4-6-16(7-5-15)17-8-11-18(12-9-17)23-13-14-24-18/h15-17H,1-14H2. The second-order valence-electron chi connectivity index (χ2n) is 8.09. The molecule has 1 aliphatic heterocycles. The van der Waals surface area contributed by atoms with Crippen LogP contribution >= 0.6 is 0 Å². The molecule has 1 saturated heterocycles. The summed E-state index contributed by atoms with van der Waals surface area (Å²) in [5, 5.41) is 0. The van der Waals surface area contributed by atoms with Gasteiger partial charge in [0, 0.05) is 19.3 Å². The molecule has 0 aromatic rings. The van der Waals surface area contributed by atoms with Crippen molar-refractivity contribution in [2.75, 3.05) is 13.2 Å². The van der Waals surface area contributed by atoms with Crippen LogP contribution in [0.2, 0.25) is 0 Å². The van der Waals surface area contributed by atoms with Crippen molar-refractivity contribution >= 4 is 0 Å². The molecule has 3 aliphatic rings. The summed E-state index contributed by atoms with van der Waals surface area (Å²) in [5.41, 5.74) is 0. The first kappa shape index (κ1) is 18.5. The summed E-state index contributed by atoms with van der Waals surface area (Å²) in [6.07, 6.45) is 6.87. The highest BCUT2D eigenvalue weighted by molar-refractivity contribution is 4.87. The third kappa shape index (κ3) is 5.10. The van der Waals surface area contributed by atoms with Gasteiger partial charge in [-0.05, 0) is 49.9 Å². The molecule has 24 heavy (non-hydrogen) atoms. The molecule has 1 spiro atoms. The van der Waals surface area contributed by atoms with Crippen LogP contribution in [0.5, 0.6) is 0 Å². The minimum atomic E-state index is -3.98. The maximum absolute atomic E-state index is 12.2. The zero-order valence-electron chi connectivity index (χ0n) is 14.6. The van der Waals surface area contributed by atoms with Crippen LogP contribution in [0.1, 0.15) is 77.0 Å². The fourth-order valence-corrected chi connectivity index (χ4v) is 5.04. The van der Waals surface area contributed by atoms with Crippen molar-refractivity contribution in [3.63, 3.8) is 0 Å². The molecule has 2 aliphatic carbocycles. The van der Waals surface area contributed by atoms with Crippen LogP contribution in [0.4, 0.5) is 13.2 Å². The van der Waals surface area contributed by atoms with Crippen molar-refractivity contribution in [2.45, 2.75) is 89.0 Å². The van der Waals surface area contributed by atoms with Gasteiger partial charge in [0.2, 0.25) is 0 Å². The van der Waals surface area contributed by atoms with Gasteiger partial charge in [-0.2, -0.15) is 13.2 Å². The Kier molecular flexibility index (Phi) is 6.12. The van der Waals surface area contributed by atoms with Crippen LogP contribution in [-0.4, -0.2) is 25.2 Å². The van der Waals surface area contributed by atoms with Crippen molar-refractivity contribution in [3.05, 3.63) is 0 Å². The number of hydrogen-bond donors (Lipinski definition) is 0. The van der Waals surface area contributed by atoms with E-state index < -0.39 is 12.6 Å². The lowest BCUT2D eigenvalue weighted by Crippen LogP contribution is -2.37. The lowest BCUT2D eigenvalue weighted by molar-refractivity contribution is -0.185. The normalized spacial score (nSPS) is 31.6. The number of alkyl halides is 3. The molecule has 3 fully saturated rings. The van der Waals surface area contributed by atoms with Gasteiger partial charge < -0.3 is 9.47 Å². The van der Waals surface area contributed by atoms with Crippen molar-refractivity contribution in [3.8, 4) is 0 Å². The van der Waals surface area contributed by atoms with Crippen molar-refractivity contribution < 1.29 is 22.6 Å². The Balaban J connectivity index is 1.31. The molecule has 0 bridgehead atoms. The van der Waals surface area contributed by atoms with Gasteiger partial charge in [-0.1, -0.05) is 25.7 Å². The Morgan fingerprint density at radius 1 is 0.792 bits per heavy atom. The minimum Gasteiger partial charge on any atom is -0.348 e. The van der Waals surface area contributed by atoms with Crippen LogP contribution in [0.25, 0.3) is 0 Å². The SMILES string of the molecule is FC(F)(F)CCCCC1CCC(C2CCC3(CC2)OCCO3)CC1. The summed E-state index contributed by atoms with van der Waals surface area (Å²) in [6, 6.07) is 0. The fourth-order valence-electron chi connectivity index (χ4n) is 5.04. The molecule has 0 radical (unpaired) electrons. The second-order valence-corrected chi connectivity index (χ2v) is 8.09. The molecular formula is C19H31F3O2. The smallest absolute Gasteiger partial charge is 0.348 e. The van der Waals surface area contributed by atoms with Gasteiger partial charge in [-0.3, -0.25) is 0 Å². The van der Waals surface area contributed by atoms with E-state index in [-0.39, 0.29) is 5.79 Å². The summed E-state index contributed by atoms with van der Waals surface area (Å²) in [4.78, 5) is 0. The van der Waals surface area contributed by atoms with E-state index >= 15 is 0 Å². The van der Waals surface area contributed by atoms with E-state index in [0.29, 0.717) is 12.3 Å². The third-order valence-corrected chi connectivity index (χ3v) is 6.49. The predicted molar refractivity (Wildman–Crippen MR) is 86.6 cm³/mol. The van der Waals surface area contributed by atoms with Crippen LogP contribution < -0.4 is 0 Å². The fraction of sp³-hybridized carbons (Fsp3) is 1.00. The minimum absolute atomic E-state index is 0.258. The molecular weight excluding hydrogens is 317 g/mol. The molecule has 5 heteroatoms. The van der Waals surface area contributed by atoms with E-state index in [1.807, 2.05) is 0 Å². The quantitative estimate of drug-likeness (QED) is 0.580. The lowest BCUT2D eigenvalue weighted by atomic mass is 9.69. The Hall–Kier alpha value is -0.290. The van der Waals surface area contributed by atoms with Crippen LogP contribution in [-0.2, 0) is 9.47 Å². The van der Waals surface area contributed by atoms with Crippen LogP contribution in [0.15, 0.2) is 0 Å².